The first-order valence-corrected chi connectivity index (χ1v) is 8.04. The van der Waals surface area contributed by atoms with Gasteiger partial charge >= 0.3 is 6.61 Å². The molecule has 0 bridgehead atoms. The Hall–Kier alpha value is -1.48. The summed E-state index contributed by atoms with van der Waals surface area (Å²) >= 11 is 0. The van der Waals surface area contributed by atoms with Crippen LogP contribution in [0.5, 0.6) is 5.75 Å². The van der Waals surface area contributed by atoms with Crippen molar-refractivity contribution in [3.63, 3.8) is 0 Å². The van der Waals surface area contributed by atoms with E-state index in [4.69, 9.17) is 10.7 Å². The molecular formula is C11H9ClF3NO4S. The molecule has 1 aliphatic heterocycles. The number of hydrogen-bond acceptors (Lipinski definition) is 4. The number of halogens is 4. The zero-order valence-corrected chi connectivity index (χ0v) is 11.9. The standard InChI is InChI=1S/C11H9ClF3NO4S/c12-21(18,19)7-4-10(17)16(5-7)8-2-1-6(13)3-9(8)20-11(14)15/h1-3,7,11H,4-5H2. The second-order valence-electron chi connectivity index (χ2n) is 4.30. The highest BCUT2D eigenvalue weighted by molar-refractivity contribution is 8.14. The normalized spacial score (nSPS) is 19.4. The van der Waals surface area contributed by atoms with Crippen LogP contribution >= 0.6 is 10.7 Å². The number of anilines is 1. The largest absolute Gasteiger partial charge is 0.432 e. The summed E-state index contributed by atoms with van der Waals surface area (Å²) in [7, 11) is 1.22. The minimum atomic E-state index is -3.97. The number of nitrogens with zero attached hydrogens (tertiary/aromatic N) is 1. The van der Waals surface area contributed by atoms with Gasteiger partial charge in [-0.05, 0) is 12.1 Å². The van der Waals surface area contributed by atoms with E-state index in [-0.39, 0.29) is 18.7 Å². The summed E-state index contributed by atoms with van der Waals surface area (Å²) in [5.74, 6) is -2.01. The fourth-order valence-electron chi connectivity index (χ4n) is 2.00. The van der Waals surface area contributed by atoms with Crippen LogP contribution in [0.2, 0.25) is 0 Å². The average molecular weight is 344 g/mol. The Labute approximate surface area is 122 Å². The van der Waals surface area contributed by atoms with Gasteiger partial charge in [-0.3, -0.25) is 4.79 Å². The monoisotopic (exact) mass is 343 g/mol. The molecule has 1 aromatic rings. The highest BCUT2D eigenvalue weighted by Crippen LogP contribution is 2.35. The van der Waals surface area contributed by atoms with E-state index in [0.717, 1.165) is 17.0 Å². The Morgan fingerprint density at radius 2 is 2.05 bits per heavy atom. The Bertz CT molecular complexity index is 667. The van der Waals surface area contributed by atoms with Gasteiger partial charge in [0.25, 0.3) is 0 Å². The number of rotatable bonds is 4. The molecule has 1 unspecified atom stereocenters. The molecule has 2 rings (SSSR count). The first-order valence-electron chi connectivity index (χ1n) is 5.66. The number of benzene rings is 1. The van der Waals surface area contributed by atoms with Gasteiger partial charge in [0.2, 0.25) is 15.0 Å². The summed E-state index contributed by atoms with van der Waals surface area (Å²) in [5, 5.41) is -1.16. The van der Waals surface area contributed by atoms with Crippen LogP contribution in [0, 0.1) is 5.82 Å². The van der Waals surface area contributed by atoms with Crippen molar-refractivity contribution in [2.45, 2.75) is 18.3 Å². The lowest BCUT2D eigenvalue weighted by Crippen LogP contribution is -2.27. The van der Waals surface area contributed by atoms with Crippen molar-refractivity contribution in [3.8, 4) is 5.75 Å². The maximum atomic E-state index is 13.1. The Morgan fingerprint density at radius 3 is 2.57 bits per heavy atom. The van der Waals surface area contributed by atoms with Crippen molar-refractivity contribution in [3.05, 3.63) is 24.0 Å². The lowest BCUT2D eigenvalue weighted by atomic mass is 10.2. The van der Waals surface area contributed by atoms with E-state index >= 15 is 0 Å². The molecule has 0 aromatic heterocycles. The predicted octanol–water partition coefficient (Wildman–Crippen LogP) is 2.10. The van der Waals surface area contributed by atoms with Crippen molar-refractivity contribution in [1.82, 2.24) is 0 Å². The summed E-state index contributed by atoms with van der Waals surface area (Å²) in [6, 6.07) is 2.70. The smallest absolute Gasteiger partial charge is 0.387 e. The molecule has 10 heteroatoms. The molecule has 21 heavy (non-hydrogen) atoms. The molecule has 0 saturated carbocycles. The number of alkyl halides is 2. The topological polar surface area (TPSA) is 63.7 Å². The molecule has 1 heterocycles. The first-order chi connectivity index (χ1) is 9.68. The molecule has 1 aromatic carbocycles. The molecule has 0 N–H and O–H groups in total. The number of amides is 1. The van der Waals surface area contributed by atoms with Gasteiger partial charge in [-0.15, -0.1) is 0 Å². The van der Waals surface area contributed by atoms with Gasteiger partial charge in [0.05, 0.1) is 5.69 Å². The third kappa shape index (κ3) is 3.59. The highest BCUT2D eigenvalue weighted by atomic mass is 35.7. The van der Waals surface area contributed by atoms with Gasteiger partial charge < -0.3 is 9.64 Å². The lowest BCUT2D eigenvalue weighted by Gasteiger charge is -2.20. The van der Waals surface area contributed by atoms with E-state index in [1.165, 1.54) is 0 Å². The molecule has 1 saturated heterocycles. The molecule has 0 radical (unpaired) electrons. The molecule has 5 nitrogen and oxygen atoms in total. The van der Waals surface area contributed by atoms with Gasteiger partial charge in [-0.2, -0.15) is 8.78 Å². The van der Waals surface area contributed by atoms with Crippen LogP contribution in [-0.4, -0.2) is 32.7 Å². The molecule has 1 atom stereocenters. The van der Waals surface area contributed by atoms with Crippen LogP contribution in [-0.2, 0) is 13.8 Å². The molecule has 1 amide bonds. The van der Waals surface area contributed by atoms with Crippen LogP contribution in [0.15, 0.2) is 18.2 Å². The van der Waals surface area contributed by atoms with Gasteiger partial charge in [-0.1, -0.05) is 0 Å². The van der Waals surface area contributed by atoms with Crippen molar-refractivity contribution in [2.24, 2.45) is 0 Å². The van der Waals surface area contributed by atoms with Gasteiger partial charge in [-0.25, -0.2) is 12.8 Å². The van der Waals surface area contributed by atoms with Crippen molar-refractivity contribution in [2.75, 3.05) is 11.4 Å². The first kappa shape index (κ1) is 15.9. The fourth-order valence-corrected chi connectivity index (χ4v) is 3.02. The van der Waals surface area contributed by atoms with E-state index in [0.29, 0.717) is 6.07 Å². The third-order valence-corrected chi connectivity index (χ3v) is 4.78. The second kappa shape index (κ2) is 5.72. The summed E-state index contributed by atoms with van der Waals surface area (Å²) in [5.41, 5.74) is -0.135. The maximum Gasteiger partial charge on any atom is 0.387 e. The third-order valence-electron chi connectivity index (χ3n) is 2.92. The zero-order valence-electron chi connectivity index (χ0n) is 10.3. The predicted molar refractivity (Wildman–Crippen MR) is 68.6 cm³/mol. The molecular weight excluding hydrogens is 335 g/mol. The van der Waals surface area contributed by atoms with Crippen LogP contribution < -0.4 is 9.64 Å². The van der Waals surface area contributed by atoms with E-state index < -0.39 is 38.4 Å². The molecule has 1 fully saturated rings. The highest BCUT2D eigenvalue weighted by Gasteiger charge is 2.39. The molecule has 1 aliphatic rings. The van der Waals surface area contributed by atoms with Crippen molar-refractivity contribution >= 4 is 31.3 Å². The van der Waals surface area contributed by atoms with Gasteiger partial charge in [0.15, 0.2) is 5.75 Å². The summed E-state index contributed by atoms with van der Waals surface area (Å²) in [6.45, 7) is -3.52. The van der Waals surface area contributed by atoms with Crippen molar-refractivity contribution < 1.29 is 31.1 Å². The fraction of sp³-hybridized carbons (Fsp3) is 0.364. The quantitative estimate of drug-likeness (QED) is 0.785. The van der Waals surface area contributed by atoms with Crippen LogP contribution in [0.4, 0.5) is 18.9 Å². The minimum Gasteiger partial charge on any atom is -0.432 e. The number of hydrogen-bond donors (Lipinski definition) is 0. The van der Waals surface area contributed by atoms with Crippen molar-refractivity contribution in [1.29, 1.82) is 0 Å². The Morgan fingerprint density at radius 1 is 1.38 bits per heavy atom. The Balaban J connectivity index is 2.36. The van der Waals surface area contributed by atoms with E-state index in [1.807, 2.05) is 0 Å². The number of ether oxygens (including phenoxy) is 1. The van der Waals surface area contributed by atoms with E-state index in [1.54, 1.807) is 0 Å². The maximum absolute atomic E-state index is 13.1. The lowest BCUT2D eigenvalue weighted by molar-refractivity contribution is -0.117. The zero-order chi connectivity index (χ0) is 15.8. The minimum absolute atomic E-state index is 0.135. The summed E-state index contributed by atoms with van der Waals surface area (Å²) in [4.78, 5) is 12.8. The number of carbonyl (C=O) groups is 1. The van der Waals surface area contributed by atoms with Crippen LogP contribution in [0.1, 0.15) is 6.42 Å². The van der Waals surface area contributed by atoms with Gasteiger partial charge in [0.1, 0.15) is 11.1 Å². The van der Waals surface area contributed by atoms with E-state index in [9.17, 15) is 26.4 Å². The molecule has 0 spiro atoms. The van der Waals surface area contributed by atoms with Gasteiger partial charge in [0, 0.05) is 29.7 Å². The van der Waals surface area contributed by atoms with Crippen LogP contribution in [0.3, 0.4) is 0 Å². The average Bonchev–Trinajstić information content (AvgIpc) is 2.70. The van der Waals surface area contributed by atoms with E-state index in [2.05, 4.69) is 4.74 Å². The second-order valence-corrected chi connectivity index (χ2v) is 7.20. The Kier molecular flexibility index (Phi) is 4.33. The SMILES string of the molecule is O=C1CC(S(=O)(=O)Cl)CN1c1ccc(F)cc1OC(F)F. The molecule has 0 aliphatic carbocycles. The number of carbonyl (C=O) groups excluding carboxylic acids is 1. The summed E-state index contributed by atoms with van der Waals surface area (Å²) < 4.78 is 64.4. The molecule has 116 valence electrons. The van der Waals surface area contributed by atoms with Crippen LogP contribution in [0.25, 0.3) is 0 Å². The summed E-state index contributed by atoms with van der Waals surface area (Å²) in [6.07, 6.45) is -0.378.